The minimum absolute atomic E-state index is 0.0622. The lowest BCUT2D eigenvalue weighted by molar-refractivity contribution is -0.384. The molecule has 126 valence electrons. The highest BCUT2D eigenvalue weighted by Crippen LogP contribution is 2.15. The number of hydrogen-bond donors (Lipinski definition) is 1. The van der Waals surface area contributed by atoms with Gasteiger partial charge in [0.15, 0.2) is 0 Å². The first-order valence-corrected chi connectivity index (χ1v) is 7.91. The molecule has 1 heterocycles. The molecule has 7 nitrogen and oxygen atoms in total. The molecular weight excluding hydrogens is 296 g/mol. The lowest BCUT2D eigenvalue weighted by atomic mass is 10.1. The molecule has 0 aliphatic carbocycles. The third kappa shape index (κ3) is 5.61. The molecule has 1 aliphatic rings. The fourth-order valence-electron chi connectivity index (χ4n) is 2.70. The van der Waals surface area contributed by atoms with Crippen molar-refractivity contribution in [2.45, 2.75) is 26.4 Å². The smallest absolute Gasteiger partial charge is 0.269 e. The summed E-state index contributed by atoms with van der Waals surface area (Å²) in [6.45, 7) is 8.43. The number of nitro benzene ring substituents is 1. The van der Waals surface area contributed by atoms with Gasteiger partial charge in [0.05, 0.1) is 11.5 Å². The molecule has 1 N–H and O–H groups in total. The Hall–Kier alpha value is -1.99. The Morgan fingerprint density at radius 2 is 1.91 bits per heavy atom. The van der Waals surface area contributed by atoms with Crippen LogP contribution in [0.3, 0.4) is 0 Å². The predicted octanol–water partition coefficient (Wildman–Crippen LogP) is 1.24. The van der Waals surface area contributed by atoms with Gasteiger partial charge in [0.25, 0.3) is 5.69 Å². The monoisotopic (exact) mass is 320 g/mol. The molecule has 0 saturated carbocycles. The SMILES string of the molecule is CC(C)NC(=O)CN1CCN(Cc2cccc([N+](=O)[O-])c2)CC1. The van der Waals surface area contributed by atoms with Crippen LogP contribution in [0.1, 0.15) is 19.4 Å². The van der Waals surface area contributed by atoms with Gasteiger partial charge in [-0.15, -0.1) is 0 Å². The number of nitro groups is 1. The van der Waals surface area contributed by atoms with Crippen LogP contribution in [0, 0.1) is 10.1 Å². The number of carbonyl (C=O) groups excluding carboxylic acids is 1. The van der Waals surface area contributed by atoms with Crippen molar-refractivity contribution < 1.29 is 9.72 Å². The number of amides is 1. The van der Waals surface area contributed by atoms with Gasteiger partial charge in [0.1, 0.15) is 0 Å². The predicted molar refractivity (Wildman–Crippen MR) is 88.1 cm³/mol. The van der Waals surface area contributed by atoms with Crippen molar-refractivity contribution in [1.29, 1.82) is 0 Å². The Balaban J connectivity index is 1.79. The van der Waals surface area contributed by atoms with Gasteiger partial charge >= 0.3 is 0 Å². The first-order chi connectivity index (χ1) is 10.9. The largest absolute Gasteiger partial charge is 0.353 e. The third-order valence-electron chi connectivity index (χ3n) is 3.81. The van der Waals surface area contributed by atoms with E-state index >= 15 is 0 Å². The van der Waals surface area contributed by atoms with E-state index < -0.39 is 0 Å². The van der Waals surface area contributed by atoms with Gasteiger partial charge in [-0.2, -0.15) is 0 Å². The van der Waals surface area contributed by atoms with Gasteiger partial charge in [0.2, 0.25) is 5.91 Å². The fraction of sp³-hybridized carbons (Fsp3) is 0.562. The van der Waals surface area contributed by atoms with E-state index in [2.05, 4.69) is 15.1 Å². The summed E-state index contributed by atoms with van der Waals surface area (Å²) in [4.78, 5) is 26.6. The maximum Gasteiger partial charge on any atom is 0.269 e. The molecule has 0 aromatic heterocycles. The van der Waals surface area contributed by atoms with E-state index in [4.69, 9.17) is 0 Å². The van der Waals surface area contributed by atoms with Crippen LogP contribution in [-0.4, -0.2) is 59.4 Å². The molecule has 2 rings (SSSR count). The first-order valence-electron chi connectivity index (χ1n) is 7.91. The van der Waals surface area contributed by atoms with Crippen molar-refractivity contribution >= 4 is 11.6 Å². The van der Waals surface area contributed by atoms with Crippen molar-refractivity contribution in [2.24, 2.45) is 0 Å². The molecule has 7 heteroatoms. The molecule has 0 bridgehead atoms. The van der Waals surface area contributed by atoms with Crippen molar-refractivity contribution in [3.05, 3.63) is 39.9 Å². The summed E-state index contributed by atoms with van der Waals surface area (Å²) in [6, 6.07) is 6.93. The van der Waals surface area contributed by atoms with Crippen LogP contribution in [0.4, 0.5) is 5.69 Å². The number of nitrogens with zero attached hydrogens (tertiary/aromatic N) is 3. The summed E-state index contributed by atoms with van der Waals surface area (Å²) in [6.07, 6.45) is 0. The molecule has 0 atom stereocenters. The number of rotatable bonds is 6. The molecule has 23 heavy (non-hydrogen) atoms. The second-order valence-corrected chi connectivity index (χ2v) is 6.20. The summed E-state index contributed by atoms with van der Waals surface area (Å²) in [5.41, 5.74) is 1.08. The van der Waals surface area contributed by atoms with E-state index in [0.717, 1.165) is 31.7 Å². The van der Waals surface area contributed by atoms with E-state index in [1.165, 1.54) is 6.07 Å². The molecule has 1 saturated heterocycles. The van der Waals surface area contributed by atoms with Crippen molar-refractivity contribution in [3.63, 3.8) is 0 Å². The first kappa shape index (κ1) is 17.4. The number of non-ortho nitro benzene ring substituents is 1. The zero-order valence-electron chi connectivity index (χ0n) is 13.7. The Morgan fingerprint density at radius 1 is 1.26 bits per heavy atom. The maximum absolute atomic E-state index is 11.8. The third-order valence-corrected chi connectivity index (χ3v) is 3.81. The summed E-state index contributed by atoms with van der Waals surface area (Å²) in [7, 11) is 0. The van der Waals surface area contributed by atoms with E-state index in [1.807, 2.05) is 19.9 Å². The lowest BCUT2D eigenvalue weighted by Crippen LogP contribution is -2.49. The van der Waals surface area contributed by atoms with Crippen molar-refractivity contribution in [1.82, 2.24) is 15.1 Å². The van der Waals surface area contributed by atoms with Crippen molar-refractivity contribution in [2.75, 3.05) is 32.7 Å². The zero-order chi connectivity index (χ0) is 16.8. The Morgan fingerprint density at radius 3 is 2.52 bits per heavy atom. The zero-order valence-corrected chi connectivity index (χ0v) is 13.7. The second kappa shape index (κ2) is 8.03. The van der Waals surface area contributed by atoms with E-state index in [-0.39, 0.29) is 22.6 Å². The number of carbonyl (C=O) groups is 1. The fourth-order valence-corrected chi connectivity index (χ4v) is 2.70. The number of benzene rings is 1. The highest BCUT2D eigenvalue weighted by atomic mass is 16.6. The average molecular weight is 320 g/mol. The molecule has 1 aromatic carbocycles. The second-order valence-electron chi connectivity index (χ2n) is 6.20. The normalized spacial score (nSPS) is 16.5. The molecule has 1 amide bonds. The van der Waals surface area contributed by atoms with Crippen LogP contribution in [0.5, 0.6) is 0 Å². The van der Waals surface area contributed by atoms with Crippen molar-refractivity contribution in [3.8, 4) is 0 Å². The average Bonchev–Trinajstić information content (AvgIpc) is 2.48. The molecule has 1 aliphatic heterocycles. The number of nitrogens with one attached hydrogen (secondary N) is 1. The highest BCUT2D eigenvalue weighted by Gasteiger charge is 2.19. The Labute approximate surface area is 136 Å². The van der Waals surface area contributed by atoms with E-state index in [1.54, 1.807) is 12.1 Å². The van der Waals surface area contributed by atoms with Crippen LogP contribution >= 0.6 is 0 Å². The summed E-state index contributed by atoms with van der Waals surface area (Å²) in [5, 5.41) is 13.7. The van der Waals surface area contributed by atoms with Gasteiger partial charge in [-0.1, -0.05) is 12.1 Å². The molecule has 0 unspecified atom stereocenters. The van der Waals surface area contributed by atoms with Crippen LogP contribution in [0.15, 0.2) is 24.3 Å². The molecule has 0 spiro atoms. The summed E-state index contributed by atoms with van der Waals surface area (Å²) in [5.74, 6) is 0.0622. The van der Waals surface area contributed by atoms with Gasteiger partial charge < -0.3 is 5.32 Å². The van der Waals surface area contributed by atoms with Gasteiger partial charge in [-0.3, -0.25) is 24.7 Å². The van der Waals surface area contributed by atoms with Crippen LogP contribution < -0.4 is 5.32 Å². The van der Waals surface area contributed by atoms with Gasteiger partial charge in [0, 0.05) is 50.9 Å². The number of hydrogen-bond acceptors (Lipinski definition) is 5. The van der Waals surface area contributed by atoms with Crippen LogP contribution in [-0.2, 0) is 11.3 Å². The standard InChI is InChI=1S/C16H24N4O3/c1-13(2)17-16(21)12-19-8-6-18(7-9-19)11-14-4-3-5-15(10-14)20(22)23/h3-5,10,13H,6-9,11-12H2,1-2H3,(H,17,21). The quantitative estimate of drug-likeness (QED) is 0.630. The van der Waals surface area contributed by atoms with Gasteiger partial charge in [-0.05, 0) is 19.4 Å². The molecule has 1 aromatic rings. The number of piperazine rings is 1. The summed E-state index contributed by atoms with van der Waals surface area (Å²) >= 11 is 0. The minimum Gasteiger partial charge on any atom is -0.353 e. The highest BCUT2D eigenvalue weighted by molar-refractivity contribution is 5.78. The topological polar surface area (TPSA) is 78.7 Å². The van der Waals surface area contributed by atoms with Gasteiger partial charge in [-0.25, -0.2) is 0 Å². The van der Waals surface area contributed by atoms with E-state index in [0.29, 0.717) is 13.1 Å². The summed E-state index contributed by atoms with van der Waals surface area (Å²) < 4.78 is 0. The molecule has 1 fully saturated rings. The van der Waals surface area contributed by atoms with Crippen LogP contribution in [0.25, 0.3) is 0 Å². The minimum atomic E-state index is -0.366. The Kier molecular flexibility index (Phi) is 6.06. The molecule has 0 radical (unpaired) electrons. The molecular formula is C16H24N4O3. The van der Waals surface area contributed by atoms with E-state index in [9.17, 15) is 14.9 Å². The van der Waals surface area contributed by atoms with Crippen LogP contribution in [0.2, 0.25) is 0 Å². The Bertz CT molecular complexity index is 554. The lowest BCUT2D eigenvalue weighted by Gasteiger charge is -2.34. The maximum atomic E-state index is 11.8.